The number of carbonyl (C=O) groups excluding carboxylic acids is 2. The van der Waals surface area contributed by atoms with E-state index < -0.39 is 28.9 Å². The lowest BCUT2D eigenvalue weighted by molar-refractivity contribution is -0.170. The molecule has 2 bridgehead atoms. The molecule has 0 aromatic rings. The molecule has 0 aromatic carbocycles. The predicted octanol–water partition coefficient (Wildman–Crippen LogP) is 0.263. The van der Waals surface area contributed by atoms with Gasteiger partial charge in [-0.3, -0.25) is 9.59 Å². The first-order valence-electron chi connectivity index (χ1n) is 6.45. The minimum atomic E-state index is -1.55. The molecule has 0 radical (unpaired) electrons. The van der Waals surface area contributed by atoms with Crippen LogP contribution in [0.1, 0.15) is 34.1 Å². The Morgan fingerprint density at radius 1 is 1.53 bits per heavy atom. The van der Waals surface area contributed by atoms with Crippen LogP contribution in [0.15, 0.2) is 0 Å². The van der Waals surface area contributed by atoms with Gasteiger partial charge in [-0.05, 0) is 27.7 Å². The molecule has 0 unspecified atom stereocenters. The Balaban J connectivity index is 2.42. The van der Waals surface area contributed by atoms with Crippen LogP contribution in [0.3, 0.4) is 0 Å². The molecule has 0 aliphatic carbocycles. The van der Waals surface area contributed by atoms with Crippen molar-refractivity contribution in [3.63, 3.8) is 0 Å². The van der Waals surface area contributed by atoms with Crippen LogP contribution in [0.5, 0.6) is 0 Å². The second-order valence-electron chi connectivity index (χ2n) is 6.38. The number of hydrogen-bond donors (Lipinski definition) is 1. The summed E-state index contributed by atoms with van der Waals surface area (Å²) in [6, 6.07) is 0. The highest BCUT2D eigenvalue weighted by molar-refractivity contribution is 6.11. The number of rotatable bonds is 2. The smallest absolute Gasteiger partial charge is 0.269 e. The van der Waals surface area contributed by atoms with Gasteiger partial charge < -0.3 is 19.7 Å². The Hall–Kier alpha value is -1.14. The summed E-state index contributed by atoms with van der Waals surface area (Å²) in [7, 11) is 3.15. The van der Waals surface area contributed by atoms with Gasteiger partial charge in [-0.15, -0.1) is 0 Å². The highest BCUT2D eigenvalue weighted by Gasteiger charge is 2.73. The molecule has 2 amide bonds. The minimum absolute atomic E-state index is 0.338. The van der Waals surface area contributed by atoms with Crippen LogP contribution in [0.2, 0.25) is 0 Å². The predicted molar refractivity (Wildman–Crippen MR) is 68.3 cm³/mol. The van der Waals surface area contributed by atoms with Crippen LogP contribution >= 0.6 is 0 Å². The lowest BCUT2D eigenvalue weighted by Gasteiger charge is -2.37. The number of ether oxygens (including phenoxy) is 2. The van der Waals surface area contributed by atoms with Gasteiger partial charge in [-0.2, -0.15) is 0 Å². The third-order valence-electron chi connectivity index (χ3n) is 3.79. The number of hydrogen-bond acceptors (Lipinski definition) is 4. The number of nitrogens with zero attached hydrogens (tertiary/aromatic N) is 1. The summed E-state index contributed by atoms with van der Waals surface area (Å²) in [6.07, 6.45) is -0.0823. The maximum absolute atomic E-state index is 12.5. The van der Waals surface area contributed by atoms with E-state index in [1.807, 2.05) is 27.7 Å². The van der Waals surface area contributed by atoms with Gasteiger partial charge in [0.05, 0.1) is 5.60 Å². The van der Waals surface area contributed by atoms with Gasteiger partial charge in [0, 0.05) is 20.5 Å². The van der Waals surface area contributed by atoms with Crippen LogP contribution in [-0.2, 0) is 19.1 Å². The first kappa shape index (κ1) is 14.3. The molecular weight excluding hydrogens is 248 g/mol. The average Bonchev–Trinajstić information content (AvgIpc) is 2.67. The van der Waals surface area contributed by atoms with Crippen molar-refractivity contribution in [3.05, 3.63) is 0 Å². The summed E-state index contributed by atoms with van der Waals surface area (Å²) < 4.78 is 11.7. The number of nitrogens with one attached hydrogen (secondary N) is 1. The molecule has 108 valence electrons. The summed E-state index contributed by atoms with van der Waals surface area (Å²) in [5, 5.41) is 2.52. The largest absolute Gasteiger partial charge is 0.368 e. The summed E-state index contributed by atoms with van der Waals surface area (Å²) in [4.78, 5) is 26.2. The summed E-state index contributed by atoms with van der Waals surface area (Å²) in [5.41, 5.74) is -2.78. The molecule has 3 atom stereocenters. The van der Waals surface area contributed by atoms with E-state index in [4.69, 9.17) is 9.47 Å². The molecule has 2 aliphatic rings. The van der Waals surface area contributed by atoms with E-state index in [0.29, 0.717) is 6.42 Å². The molecule has 0 saturated carbocycles. The average molecular weight is 270 g/mol. The molecule has 2 fully saturated rings. The monoisotopic (exact) mass is 270 g/mol. The Bertz CT molecular complexity index is 431. The summed E-state index contributed by atoms with van der Waals surface area (Å²) >= 11 is 0. The Labute approximate surface area is 113 Å². The SMILES string of the molecule is CNC(=O)[C@@]12O[C@@](C)(C[C@@H]1OC(C)(C)C)N(C)C2=O. The van der Waals surface area contributed by atoms with Crippen LogP contribution in [-0.4, -0.2) is 53.8 Å². The van der Waals surface area contributed by atoms with Crippen molar-refractivity contribution in [2.45, 2.75) is 57.1 Å². The lowest BCUT2D eigenvalue weighted by Crippen LogP contribution is -2.62. The fourth-order valence-corrected chi connectivity index (χ4v) is 2.82. The van der Waals surface area contributed by atoms with Crippen LogP contribution in [0, 0.1) is 0 Å². The molecule has 0 spiro atoms. The van der Waals surface area contributed by atoms with E-state index >= 15 is 0 Å². The zero-order valence-corrected chi connectivity index (χ0v) is 12.4. The Morgan fingerprint density at radius 3 is 2.53 bits per heavy atom. The van der Waals surface area contributed by atoms with Gasteiger partial charge in [0.15, 0.2) is 0 Å². The van der Waals surface area contributed by atoms with E-state index in [2.05, 4.69) is 5.32 Å². The van der Waals surface area contributed by atoms with Crippen molar-refractivity contribution in [1.82, 2.24) is 10.2 Å². The van der Waals surface area contributed by atoms with E-state index in [0.717, 1.165) is 0 Å². The van der Waals surface area contributed by atoms with Crippen LogP contribution in [0.4, 0.5) is 0 Å². The summed E-state index contributed by atoms with van der Waals surface area (Å²) in [5.74, 6) is -0.783. The molecule has 2 heterocycles. The first-order chi connectivity index (χ1) is 8.57. The number of likely N-dealkylation sites (tertiary alicyclic amines) is 1. The van der Waals surface area contributed by atoms with Gasteiger partial charge in [0.1, 0.15) is 11.8 Å². The van der Waals surface area contributed by atoms with Crippen molar-refractivity contribution in [2.24, 2.45) is 0 Å². The van der Waals surface area contributed by atoms with Gasteiger partial charge in [0.25, 0.3) is 17.4 Å². The third-order valence-corrected chi connectivity index (χ3v) is 3.79. The molecule has 2 saturated heterocycles. The second kappa shape index (κ2) is 3.93. The fraction of sp³-hybridized carbons (Fsp3) is 0.846. The topological polar surface area (TPSA) is 67.9 Å². The number of carbonyl (C=O) groups is 2. The van der Waals surface area contributed by atoms with Crippen molar-refractivity contribution < 1.29 is 19.1 Å². The van der Waals surface area contributed by atoms with Gasteiger partial charge in [0.2, 0.25) is 0 Å². The van der Waals surface area contributed by atoms with Gasteiger partial charge >= 0.3 is 0 Å². The van der Waals surface area contributed by atoms with Crippen molar-refractivity contribution in [3.8, 4) is 0 Å². The van der Waals surface area contributed by atoms with E-state index in [9.17, 15) is 9.59 Å². The number of amides is 2. The standard InChI is InChI=1S/C13H22N2O4/c1-11(2,3)18-8-7-12(4)15(6)10(17)13(8,19-12)9(16)14-5/h8H,7H2,1-6H3,(H,14,16)/t8-,12-,13-/m0/s1. The number of piperidine rings is 1. The maximum atomic E-state index is 12.5. The van der Waals surface area contributed by atoms with Crippen LogP contribution < -0.4 is 5.32 Å². The molecule has 19 heavy (non-hydrogen) atoms. The molecule has 6 heteroatoms. The Kier molecular flexibility index (Phi) is 2.95. The second-order valence-corrected chi connectivity index (χ2v) is 6.38. The zero-order chi connectivity index (χ0) is 14.6. The molecular formula is C13H22N2O4. The number of fused-ring (bicyclic) bond motifs is 2. The van der Waals surface area contributed by atoms with Crippen molar-refractivity contribution >= 4 is 11.8 Å². The minimum Gasteiger partial charge on any atom is -0.368 e. The Morgan fingerprint density at radius 2 is 2.11 bits per heavy atom. The van der Waals surface area contributed by atoms with E-state index in [1.165, 1.54) is 11.9 Å². The van der Waals surface area contributed by atoms with Gasteiger partial charge in [-0.1, -0.05) is 0 Å². The highest BCUT2D eigenvalue weighted by Crippen LogP contribution is 2.50. The molecule has 2 aliphatic heterocycles. The molecule has 0 aromatic heterocycles. The van der Waals surface area contributed by atoms with Crippen LogP contribution in [0.25, 0.3) is 0 Å². The fourth-order valence-electron chi connectivity index (χ4n) is 2.82. The lowest BCUT2D eigenvalue weighted by atomic mass is 9.87. The third kappa shape index (κ3) is 1.85. The van der Waals surface area contributed by atoms with Crippen molar-refractivity contribution in [1.29, 1.82) is 0 Å². The van der Waals surface area contributed by atoms with E-state index in [-0.39, 0.29) is 5.91 Å². The normalized spacial score (nSPS) is 37.9. The number of likely N-dealkylation sites (N-methyl/N-ethyl adjacent to an activating group) is 2. The first-order valence-corrected chi connectivity index (χ1v) is 6.45. The summed E-state index contributed by atoms with van der Waals surface area (Å²) in [6.45, 7) is 7.49. The molecule has 6 nitrogen and oxygen atoms in total. The maximum Gasteiger partial charge on any atom is 0.269 e. The van der Waals surface area contributed by atoms with E-state index in [1.54, 1.807) is 7.05 Å². The highest BCUT2D eigenvalue weighted by atomic mass is 16.6. The van der Waals surface area contributed by atoms with Gasteiger partial charge in [-0.25, -0.2) is 0 Å². The molecule has 2 rings (SSSR count). The van der Waals surface area contributed by atoms with Crippen molar-refractivity contribution in [2.75, 3.05) is 14.1 Å². The molecule has 1 N–H and O–H groups in total. The zero-order valence-electron chi connectivity index (χ0n) is 12.4. The quantitative estimate of drug-likeness (QED) is 0.731.